The Labute approximate surface area is 215 Å². The van der Waals surface area contributed by atoms with Crippen molar-refractivity contribution < 1.29 is 18.9 Å². The quantitative estimate of drug-likeness (QED) is 0.246. The van der Waals surface area contributed by atoms with Gasteiger partial charge in [-0.3, -0.25) is 14.9 Å². The van der Waals surface area contributed by atoms with E-state index < -0.39 is 10.8 Å². The van der Waals surface area contributed by atoms with Crippen LogP contribution in [-0.4, -0.2) is 42.1 Å². The van der Waals surface area contributed by atoms with E-state index in [0.717, 1.165) is 5.56 Å². The maximum absolute atomic E-state index is 13.4. The zero-order chi connectivity index (χ0) is 25.4. The molecule has 1 aromatic heterocycles. The summed E-state index contributed by atoms with van der Waals surface area (Å²) in [6.45, 7) is 4.03. The van der Waals surface area contributed by atoms with Gasteiger partial charge in [-0.15, -0.1) is 0 Å². The van der Waals surface area contributed by atoms with Gasteiger partial charge in [0, 0.05) is 41.5 Å². The number of fused-ring (bicyclic) bond motifs is 1. The van der Waals surface area contributed by atoms with Crippen LogP contribution in [0.25, 0.3) is 22.6 Å². The van der Waals surface area contributed by atoms with Gasteiger partial charge in [-0.25, -0.2) is 4.98 Å². The number of carbonyl (C=O) groups is 1. The van der Waals surface area contributed by atoms with Crippen LogP contribution in [0.15, 0.2) is 52.9 Å². The van der Waals surface area contributed by atoms with Gasteiger partial charge < -0.3 is 19.4 Å². The number of hydrogen-bond acceptors (Lipinski definition) is 7. The van der Waals surface area contributed by atoms with Crippen LogP contribution < -0.4 is 10.2 Å². The maximum atomic E-state index is 13.4. The SMILES string of the molecule is Cc1ccc(-c2nc3cc(Cl)cc(Cl)c3o2)cc1NC(=O)c1cc([N+](=O)[O-])ccc1N1CCOCC1. The van der Waals surface area contributed by atoms with E-state index in [1.165, 1.54) is 12.1 Å². The molecule has 2 heterocycles. The van der Waals surface area contributed by atoms with Crippen LogP contribution in [-0.2, 0) is 4.74 Å². The van der Waals surface area contributed by atoms with Crippen LogP contribution in [0.1, 0.15) is 15.9 Å². The number of amides is 1. The molecule has 1 N–H and O–H groups in total. The van der Waals surface area contributed by atoms with Gasteiger partial charge in [0.15, 0.2) is 5.58 Å². The van der Waals surface area contributed by atoms with E-state index in [-0.39, 0.29) is 11.3 Å². The molecule has 1 saturated heterocycles. The Balaban J connectivity index is 1.49. The molecule has 1 aliphatic heterocycles. The van der Waals surface area contributed by atoms with Crippen molar-refractivity contribution >= 4 is 57.3 Å². The molecule has 0 atom stereocenters. The highest BCUT2D eigenvalue weighted by molar-refractivity contribution is 6.38. The molecule has 4 aromatic rings. The summed E-state index contributed by atoms with van der Waals surface area (Å²) < 4.78 is 11.3. The van der Waals surface area contributed by atoms with Gasteiger partial charge in [-0.2, -0.15) is 0 Å². The Hall–Kier alpha value is -3.66. The van der Waals surface area contributed by atoms with Crippen molar-refractivity contribution in [1.82, 2.24) is 4.98 Å². The molecule has 0 spiro atoms. The molecule has 0 radical (unpaired) electrons. The van der Waals surface area contributed by atoms with Crippen molar-refractivity contribution in [2.24, 2.45) is 0 Å². The number of ether oxygens (including phenoxy) is 1. The molecule has 5 rings (SSSR count). The molecule has 1 amide bonds. The van der Waals surface area contributed by atoms with Crippen molar-refractivity contribution in [2.45, 2.75) is 6.92 Å². The highest BCUT2D eigenvalue weighted by Gasteiger charge is 2.23. The van der Waals surface area contributed by atoms with E-state index in [1.807, 2.05) is 24.0 Å². The topological polar surface area (TPSA) is 111 Å². The molecular formula is C25H20Cl2N4O5. The minimum atomic E-state index is -0.517. The Morgan fingerprint density at radius 3 is 2.64 bits per heavy atom. The van der Waals surface area contributed by atoms with Gasteiger partial charge >= 0.3 is 0 Å². The van der Waals surface area contributed by atoms with Crippen LogP contribution in [0.3, 0.4) is 0 Å². The lowest BCUT2D eigenvalue weighted by atomic mass is 10.1. The van der Waals surface area contributed by atoms with Gasteiger partial charge in [-0.1, -0.05) is 29.3 Å². The molecule has 0 unspecified atom stereocenters. The van der Waals surface area contributed by atoms with Gasteiger partial charge in [-0.05, 0) is 42.8 Å². The second-order valence-electron chi connectivity index (χ2n) is 8.30. The smallest absolute Gasteiger partial charge is 0.270 e. The summed E-state index contributed by atoms with van der Waals surface area (Å²) in [6.07, 6.45) is 0. The zero-order valence-electron chi connectivity index (χ0n) is 19.1. The number of halogens is 2. The summed E-state index contributed by atoms with van der Waals surface area (Å²) in [5.41, 5.74) is 3.51. The first-order chi connectivity index (χ1) is 17.3. The molecule has 36 heavy (non-hydrogen) atoms. The highest BCUT2D eigenvalue weighted by Crippen LogP contribution is 2.34. The lowest BCUT2D eigenvalue weighted by Crippen LogP contribution is -2.37. The number of hydrogen-bond donors (Lipinski definition) is 1. The predicted molar refractivity (Wildman–Crippen MR) is 138 cm³/mol. The molecular weight excluding hydrogens is 507 g/mol. The molecule has 9 nitrogen and oxygen atoms in total. The second kappa shape index (κ2) is 9.77. The lowest BCUT2D eigenvalue weighted by Gasteiger charge is -2.30. The summed E-state index contributed by atoms with van der Waals surface area (Å²) in [5, 5.41) is 15.1. The summed E-state index contributed by atoms with van der Waals surface area (Å²) in [4.78, 5) is 30.8. The molecule has 1 fully saturated rings. The van der Waals surface area contributed by atoms with E-state index in [1.54, 1.807) is 24.3 Å². The first-order valence-corrected chi connectivity index (χ1v) is 11.8. The molecule has 3 aromatic carbocycles. The number of nitrogens with one attached hydrogen (secondary N) is 1. The van der Waals surface area contributed by atoms with Gasteiger partial charge in [0.1, 0.15) is 5.52 Å². The van der Waals surface area contributed by atoms with Crippen molar-refractivity contribution in [3.8, 4) is 11.5 Å². The van der Waals surface area contributed by atoms with Crippen molar-refractivity contribution in [2.75, 3.05) is 36.5 Å². The number of benzene rings is 3. The number of nitro groups is 1. The fraction of sp³-hybridized carbons (Fsp3) is 0.200. The van der Waals surface area contributed by atoms with Crippen molar-refractivity contribution in [3.05, 3.63) is 79.8 Å². The molecule has 0 bridgehead atoms. The van der Waals surface area contributed by atoms with E-state index in [2.05, 4.69) is 10.3 Å². The number of aryl methyl sites for hydroxylation is 1. The van der Waals surface area contributed by atoms with Crippen molar-refractivity contribution in [1.29, 1.82) is 0 Å². The average Bonchev–Trinajstić information content (AvgIpc) is 3.30. The Morgan fingerprint density at radius 1 is 1.11 bits per heavy atom. The number of nitro benzene ring substituents is 1. The number of oxazole rings is 1. The summed E-state index contributed by atoms with van der Waals surface area (Å²) >= 11 is 12.3. The number of carbonyl (C=O) groups excluding carboxylic acids is 1. The van der Waals surface area contributed by atoms with Crippen LogP contribution in [0, 0.1) is 17.0 Å². The third kappa shape index (κ3) is 4.73. The lowest BCUT2D eigenvalue weighted by molar-refractivity contribution is -0.384. The number of morpholine rings is 1. The number of anilines is 2. The van der Waals surface area contributed by atoms with Gasteiger partial charge in [0.05, 0.1) is 34.4 Å². The van der Waals surface area contributed by atoms with Crippen LogP contribution in [0.2, 0.25) is 10.0 Å². The normalized spacial score (nSPS) is 13.7. The maximum Gasteiger partial charge on any atom is 0.270 e. The van der Waals surface area contributed by atoms with Crippen molar-refractivity contribution in [3.63, 3.8) is 0 Å². The average molecular weight is 527 g/mol. The Kier molecular flexibility index (Phi) is 6.53. The van der Waals surface area contributed by atoms with E-state index in [4.69, 9.17) is 32.4 Å². The van der Waals surface area contributed by atoms with E-state index in [0.29, 0.717) is 70.3 Å². The zero-order valence-corrected chi connectivity index (χ0v) is 20.6. The number of rotatable bonds is 5. The van der Waals surface area contributed by atoms with Gasteiger partial charge in [0.2, 0.25) is 5.89 Å². The second-order valence-corrected chi connectivity index (χ2v) is 9.14. The number of nitrogens with zero attached hydrogens (tertiary/aromatic N) is 3. The van der Waals surface area contributed by atoms with E-state index in [9.17, 15) is 14.9 Å². The van der Waals surface area contributed by atoms with Crippen LogP contribution >= 0.6 is 23.2 Å². The Morgan fingerprint density at radius 2 is 1.89 bits per heavy atom. The third-order valence-corrected chi connectivity index (χ3v) is 6.43. The molecule has 1 aliphatic rings. The standard InChI is InChI=1S/C25H20Cl2N4O5/c1-14-2-3-15(25-29-21-12-16(26)11-19(27)23(21)36-25)10-20(14)28-24(32)18-13-17(31(33)34)4-5-22(18)30-6-8-35-9-7-30/h2-5,10-13H,6-9H2,1H3,(H,28,32). The number of aromatic nitrogens is 1. The molecule has 0 aliphatic carbocycles. The van der Waals surface area contributed by atoms with Crippen LogP contribution in [0.5, 0.6) is 0 Å². The Bertz CT molecular complexity index is 1500. The van der Waals surface area contributed by atoms with Crippen LogP contribution in [0.4, 0.5) is 17.1 Å². The number of non-ortho nitro benzene ring substituents is 1. The largest absolute Gasteiger partial charge is 0.435 e. The molecule has 11 heteroatoms. The monoisotopic (exact) mass is 526 g/mol. The van der Waals surface area contributed by atoms with E-state index >= 15 is 0 Å². The predicted octanol–water partition coefficient (Wildman–Crippen LogP) is 6.11. The highest BCUT2D eigenvalue weighted by atomic mass is 35.5. The minimum Gasteiger partial charge on any atom is -0.435 e. The first-order valence-electron chi connectivity index (χ1n) is 11.1. The fourth-order valence-electron chi connectivity index (χ4n) is 4.06. The summed E-state index contributed by atoms with van der Waals surface area (Å²) in [7, 11) is 0. The minimum absolute atomic E-state index is 0.162. The summed E-state index contributed by atoms with van der Waals surface area (Å²) in [6, 6.07) is 12.9. The molecule has 0 saturated carbocycles. The molecule has 184 valence electrons. The summed E-state index contributed by atoms with van der Waals surface area (Å²) in [5.74, 6) is -0.151. The third-order valence-electron chi connectivity index (χ3n) is 5.93. The fourth-order valence-corrected chi connectivity index (χ4v) is 4.58. The first kappa shape index (κ1) is 24.1. The van der Waals surface area contributed by atoms with Gasteiger partial charge in [0.25, 0.3) is 11.6 Å².